The third kappa shape index (κ3) is 3.80. The number of nitrogens with zero attached hydrogens (tertiary/aromatic N) is 2. The molecule has 0 saturated carbocycles. The molecular weight excluding hydrogens is 354 g/mol. The minimum absolute atomic E-state index is 0.443. The molecule has 0 spiro atoms. The molecule has 0 radical (unpaired) electrons. The van der Waals surface area contributed by atoms with Crippen molar-refractivity contribution in [2.24, 2.45) is 0 Å². The van der Waals surface area contributed by atoms with E-state index in [1.807, 2.05) is 30.3 Å². The van der Waals surface area contributed by atoms with Crippen LogP contribution < -0.4 is 9.80 Å². The van der Waals surface area contributed by atoms with Crippen LogP contribution in [0.1, 0.15) is 11.7 Å². The summed E-state index contributed by atoms with van der Waals surface area (Å²) in [5.41, 5.74) is 2.01. The van der Waals surface area contributed by atoms with Gasteiger partial charge in [0.15, 0.2) is 5.13 Å². The maximum absolute atomic E-state index is 10.5. The molecule has 2 aromatic carbocycles. The van der Waals surface area contributed by atoms with Crippen LogP contribution in [-0.4, -0.2) is 42.8 Å². The van der Waals surface area contributed by atoms with E-state index in [-0.39, 0.29) is 0 Å². The van der Waals surface area contributed by atoms with Crippen LogP contribution in [-0.2, 0) is 0 Å². The van der Waals surface area contributed by atoms with Crippen LogP contribution in [0.4, 0.5) is 5.13 Å². The number of anilines is 1. The summed E-state index contributed by atoms with van der Waals surface area (Å²) >= 11 is 7.68. The van der Waals surface area contributed by atoms with Gasteiger partial charge in [-0.1, -0.05) is 47.2 Å². The predicted octanol–water partition coefficient (Wildman–Crippen LogP) is 2.39. The Bertz CT molecular complexity index is 810. The Morgan fingerprint density at radius 2 is 1.84 bits per heavy atom. The number of hydrogen-bond acceptors (Lipinski definition) is 4. The molecule has 2 N–H and O–H groups in total. The molecule has 0 amide bonds. The van der Waals surface area contributed by atoms with E-state index in [0.29, 0.717) is 5.02 Å². The Morgan fingerprint density at radius 1 is 1.12 bits per heavy atom. The molecule has 4 rings (SSSR count). The number of aliphatic hydroxyl groups is 1. The van der Waals surface area contributed by atoms with Crippen LogP contribution in [0.5, 0.6) is 0 Å². The van der Waals surface area contributed by atoms with E-state index in [0.717, 1.165) is 48.9 Å². The van der Waals surface area contributed by atoms with Crippen molar-refractivity contribution >= 4 is 38.3 Å². The van der Waals surface area contributed by atoms with Gasteiger partial charge in [-0.15, -0.1) is 0 Å². The van der Waals surface area contributed by atoms with E-state index in [4.69, 9.17) is 16.6 Å². The average molecular weight is 375 g/mol. The summed E-state index contributed by atoms with van der Waals surface area (Å²) in [4.78, 5) is 8.55. The average Bonchev–Trinajstić information content (AvgIpc) is 3.07. The van der Waals surface area contributed by atoms with Gasteiger partial charge >= 0.3 is 0 Å². The first-order chi connectivity index (χ1) is 12.2. The fourth-order valence-electron chi connectivity index (χ4n) is 3.29. The van der Waals surface area contributed by atoms with Crippen molar-refractivity contribution in [3.8, 4) is 0 Å². The molecule has 130 valence electrons. The van der Waals surface area contributed by atoms with Gasteiger partial charge in [0.25, 0.3) is 0 Å². The van der Waals surface area contributed by atoms with Crippen molar-refractivity contribution in [2.45, 2.75) is 6.10 Å². The first kappa shape index (κ1) is 16.8. The number of aliphatic hydroxyl groups excluding tert-OH is 1. The minimum atomic E-state index is -0.443. The van der Waals surface area contributed by atoms with Crippen molar-refractivity contribution in [2.75, 3.05) is 37.6 Å². The van der Waals surface area contributed by atoms with Crippen molar-refractivity contribution in [1.82, 2.24) is 4.98 Å². The highest BCUT2D eigenvalue weighted by molar-refractivity contribution is 7.22. The molecule has 0 aliphatic carbocycles. The molecule has 25 heavy (non-hydrogen) atoms. The number of rotatable bonds is 4. The number of aromatic nitrogens is 1. The van der Waals surface area contributed by atoms with Gasteiger partial charge < -0.3 is 14.9 Å². The SMILES string of the molecule is O[C@H](C[NH+]1CCN(c2nc3ccccc3s2)CC1)c1ccc(Cl)cc1. The van der Waals surface area contributed by atoms with Crippen LogP contribution in [0.15, 0.2) is 48.5 Å². The molecule has 1 atom stereocenters. The Labute approximate surface area is 156 Å². The second-order valence-electron chi connectivity index (χ2n) is 6.47. The van der Waals surface area contributed by atoms with Crippen LogP contribution in [0.25, 0.3) is 10.2 Å². The number of quaternary nitrogens is 1. The molecule has 1 aliphatic rings. The zero-order valence-corrected chi connectivity index (χ0v) is 15.4. The second kappa shape index (κ2) is 7.30. The molecule has 2 heterocycles. The lowest BCUT2D eigenvalue weighted by molar-refractivity contribution is -0.904. The Kier molecular flexibility index (Phi) is 4.90. The molecule has 1 saturated heterocycles. The number of hydrogen-bond donors (Lipinski definition) is 2. The zero-order valence-electron chi connectivity index (χ0n) is 13.9. The summed E-state index contributed by atoms with van der Waals surface area (Å²) in [6.07, 6.45) is -0.443. The number of thiazole rings is 1. The summed E-state index contributed by atoms with van der Waals surface area (Å²) in [6.45, 7) is 4.71. The van der Waals surface area contributed by atoms with Gasteiger partial charge in [-0.3, -0.25) is 0 Å². The molecule has 4 nitrogen and oxygen atoms in total. The molecule has 3 aromatic rings. The maximum Gasteiger partial charge on any atom is 0.186 e. The fraction of sp³-hybridized carbons (Fsp3) is 0.316. The largest absolute Gasteiger partial charge is 0.382 e. The van der Waals surface area contributed by atoms with E-state index in [1.165, 1.54) is 9.60 Å². The highest BCUT2D eigenvalue weighted by Crippen LogP contribution is 2.28. The van der Waals surface area contributed by atoms with Gasteiger partial charge in [-0.2, -0.15) is 0 Å². The molecular formula is C19H21ClN3OS+. The Morgan fingerprint density at radius 3 is 2.56 bits per heavy atom. The normalized spacial score (nSPS) is 17.1. The van der Waals surface area contributed by atoms with E-state index >= 15 is 0 Å². The smallest absolute Gasteiger partial charge is 0.186 e. The van der Waals surface area contributed by atoms with Gasteiger partial charge in [-0.05, 0) is 29.8 Å². The van der Waals surface area contributed by atoms with E-state index in [9.17, 15) is 5.11 Å². The molecule has 0 unspecified atom stereocenters. The fourth-order valence-corrected chi connectivity index (χ4v) is 4.43. The lowest BCUT2D eigenvalue weighted by Crippen LogP contribution is -3.15. The van der Waals surface area contributed by atoms with Gasteiger partial charge in [0, 0.05) is 5.02 Å². The quantitative estimate of drug-likeness (QED) is 0.736. The van der Waals surface area contributed by atoms with Crippen molar-refractivity contribution in [3.63, 3.8) is 0 Å². The number of fused-ring (bicyclic) bond motifs is 1. The Hall–Kier alpha value is -1.66. The van der Waals surface area contributed by atoms with Crippen molar-refractivity contribution in [1.29, 1.82) is 0 Å². The van der Waals surface area contributed by atoms with Crippen LogP contribution >= 0.6 is 22.9 Å². The van der Waals surface area contributed by atoms with E-state index in [2.05, 4.69) is 23.1 Å². The second-order valence-corrected chi connectivity index (χ2v) is 7.92. The lowest BCUT2D eigenvalue weighted by atomic mass is 10.1. The molecule has 1 aliphatic heterocycles. The maximum atomic E-state index is 10.5. The third-order valence-electron chi connectivity index (χ3n) is 4.76. The number of benzene rings is 2. The highest BCUT2D eigenvalue weighted by Gasteiger charge is 2.24. The Balaban J connectivity index is 1.35. The van der Waals surface area contributed by atoms with Crippen LogP contribution in [0.2, 0.25) is 5.02 Å². The highest BCUT2D eigenvalue weighted by atomic mass is 35.5. The predicted molar refractivity (Wildman–Crippen MR) is 104 cm³/mol. The van der Waals surface area contributed by atoms with Crippen LogP contribution in [0.3, 0.4) is 0 Å². The van der Waals surface area contributed by atoms with Crippen molar-refractivity contribution in [3.05, 3.63) is 59.1 Å². The molecule has 0 bridgehead atoms. The van der Waals surface area contributed by atoms with Crippen LogP contribution in [0, 0.1) is 0 Å². The molecule has 1 aromatic heterocycles. The zero-order chi connectivity index (χ0) is 17.2. The van der Waals surface area contributed by atoms with E-state index in [1.54, 1.807) is 11.3 Å². The minimum Gasteiger partial charge on any atom is -0.382 e. The van der Waals surface area contributed by atoms with Gasteiger partial charge in [0.2, 0.25) is 0 Å². The number of piperazine rings is 1. The van der Waals surface area contributed by atoms with Gasteiger partial charge in [0.1, 0.15) is 12.6 Å². The van der Waals surface area contributed by atoms with Gasteiger partial charge in [0.05, 0.1) is 36.4 Å². The summed E-state index contributed by atoms with van der Waals surface area (Å²) in [5.74, 6) is 0. The molecule has 6 heteroatoms. The summed E-state index contributed by atoms with van der Waals surface area (Å²) in [5, 5.41) is 12.3. The first-order valence-corrected chi connectivity index (χ1v) is 9.76. The number of halogens is 1. The number of nitrogens with one attached hydrogen (secondary N) is 1. The standard InChI is InChI=1S/C19H20ClN3OS/c20-15-7-5-14(6-8-15)17(24)13-22-9-11-23(12-10-22)19-21-16-3-1-2-4-18(16)25-19/h1-8,17,24H,9-13H2/p+1/t17-/m1/s1. The molecule has 1 fully saturated rings. The van der Waals surface area contributed by atoms with E-state index < -0.39 is 6.10 Å². The summed E-state index contributed by atoms with van der Waals surface area (Å²) in [6, 6.07) is 15.8. The lowest BCUT2D eigenvalue weighted by Gasteiger charge is -2.33. The monoisotopic (exact) mass is 374 g/mol. The third-order valence-corrected chi connectivity index (χ3v) is 6.11. The van der Waals surface area contributed by atoms with Gasteiger partial charge in [-0.25, -0.2) is 4.98 Å². The topological polar surface area (TPSA) is 40.8 Å². The van der Waals surface area contributed by atoms with Crippen molar-refractivity contribution < 1.29 is 10.0 Å². The summed E-state index contributed by atoms with van der Waals surface area (Å²) < 4.78 is 1.24. The summed E-state index contributed by atoms with van der Waals surface area (Å²) in [7, 11) is 0. The number of para-hydroxylation sites is 1. The first-order valence-electron chi connectivity index (χ1n) is 8.57.